The summed E-state index contributed by atoms with van der Waals surface area (Å²) >= 11 is 11.9. The van der Waals surface area contributed by atoms with Crippen molar-refractivity contribution in [2.75, 3.05) is 26.7 Å². The molecule has 2 aliphatic heterocycles. The number of benzene rings is 1. The molecule has 0 aliphatic carbocycles. The molecule has 2 heterocycles. The molecule has 2 aliphatic rings. The van der Waals surface area contributed by atoms with Crippen LogP contribution in [0.2, 0.25) is 10.0 Å². The molecule has 3 atom stereocenters. The summed E-state index contributed by atoms with van der Waals surface area (Å²) in [6, 6.07) is 4.45. The number of amides is 2. The number of hydrogen-bond acceptors (Lipinski definition) is 6. The molecule has 1 aromatic carbocycles. The summed E-state index contributed by atoms with van der Waals surface area (Å²) in [7, 11) is 1.79. The zero-order valence-electron chi connectivity index (χ0n) is 18.2. The topological polar surface area (TPSA) is 111 Å². The highest BCUT2D eigenvalue weighted by Gasteiger charge is 2.66. The maximum Gasteiger partial charge on any atom is 0.604 e. The molecule has 9 nitrogen and oxygen atoms in total. The van der Waals surface area contributed by atoms with E-state index in [9.17, 15) is 19.2 Å². The maximum absolute atomic E-state index is 12.8. The number of halogens is 2. The summed E-state index contributed by atoms with van der Waals surface area (Å²) in [6.45, 7) is 1.47. The summed E-state index contributed by atoms with van der Waals surface area (Å²) < 4.78 is 11.4. The summed E-state index contributed by atoms with van der Waals surface area (Å²) in [6.07, 6.45) is 0.573. The highest BCUT2D eigenvalue weighted by Crippen LogP contribution is 2.37. The van der Waals surface area contributed by atoms with Crippen molar-refractivity contribution in [3.05, 3.63) is 33.8 Å². The number of carbonyl (C=O) groups is 4. The van der Waals surface area contributed by atoms with Gasteiger partial charge in [0.1, 0.15) is 6.54 Å². The number of hydrogen-bond donors (Lipinski definition) is 2. The van der Waals surface area contributed by atoms with Crippen LogP contribution in [0.15, 0.2) is 18.2 Å². The molecular weight excluding hydrogens is 460 g/mol. The lowest BCUT2D eigenvalue weighted by atomic mass is 9.56. The predicted molar refractivity (Wildman–Crippen MR) is 119 cm³/mol. The van der Waals surface area contributed by atoms with Gasteiger partial charge in [-0.25, -0.2) is 0 Å². The van der Waals surface area contributed by atoms with Crippen LogP contribution in [0, 0.1) is 5.92 Å². The van der Waals surface area contributed by atoms with Crippen molar-refractivity contribution >= 4 is 53.6 Å². The molecule has 32 heavy (non-hydrogen) atoms. The van der Waals surface area contributed by atoms with Gasteiger partial charge in [0.25, 0.3) is 11.9 Å². The monoisotopic (exact) mass is 485 g/mol. The molecule has 2 N–H and O–H groups in total. The molecule has 0 aromatic heterocycles. The summed E-state index contributed by atoms with van der Waals surface area (Å²) in [5.41, 5.74) is 0.142. The molecule has 1 aromatic rings. The van der Waals surface area contributed by atoms with Crippen LogP contribution in [0.5, 0.6) is 0 Å². The largest absolute Gasteiger partial charge is 0.604 e. The number of nitrogens with zero attached hydrogens (tertiary/aromatic N) is 1. The quantitative estimate of drug-likeness (QED) is 0.568. The molecule has 174 valence electrons. The zero-order valence-corrected chi connectivity index (χ0v) is 19.7. The molecule has 3 rings (SSSR count). The SMILES string of the molecule is CC(C)C[C@H](NC(=O)CNC(=O)c1cc(Cl)ccc1Cl)[B-]12OC(=O)CC[N+]1(C)CC(=O)O2. The van der Waals surface area contributed by atoms with Gasteiger partial charge in [-0.3, -0.25) is 19.2 Å². The standard InChI is InChI=1S/C20H26BCl2N3O6/c1-12(2)8-16(21-26(3,11-19(29)32-21)7-6-18(28)31-21)25-17(27)10-24-20(30)14-9-13(22)4-5-15(14)23/h4-5,9,12,16H,6-8,10-11H2,1-3H3,(H,24,30)(H,25,27)/t16-,21?,26?/m0/s1. The van der Waals surface area contributed by atoms with E-state index >= 15 is 0 Å². The number of nitrogens with one attached hydrogen (secondary N) is 2. The van der Waals surface area contributed by atoms with Gasteiger partial charge < -0.3 is 24.3 Å². The fourth-order valence-corrected chi connectivity index (χ4v) is 4.78. The molecule has 0 saturated carbocycles. The molecule has 2 saturated heterocycles. The van der Waals surface area contributed by atoms with Gasteiger partial charge in [0.05, 0.1) is 36.0 Å². The highest BCUT2D eigenvalue weighted by molar-refractivity contribution is 6.66. The van der Waals surface area contributed by atoms with Crippen molar-refractivity contribution in [1.29, 1.82) is 0 Å². The Bertz CT molecular complexity index is 961. The van der Waals surface area contributed by atoms with E-state index in [1.54, 1.807) is 13.1 Å². The second-order valence-corrected chi connectivity index (χ2v) is 9.77. The van der Waals surface area contributed by atoms with Gasteiger partial charge in [0, 0.05) is 12.1 Å². The minimum absolute atomic E-state index is 0.0573. The number of carbonyl (C=O) groups excluding carboxylic acids is 4. The van der Waals surface area contributed by atoms with Crippen molar-refractivity contribution in [2.24, 2.45) is 5.92 Å². The Labute approximate surface area is 196 Å². The van der Waals surface area contributed by atoms with E-state index in [0.29, 0.717) is 18.0 Å². The second-order valence-electron chi connectivity index (χ2n) is 8.93. The van der Waals surface area contributed by atoms with Crippen LogP contribution in [-0.2, 0) is 23.7 Å². The summed E-state index contributed by atoms with van der Waals surface area (Å²) in [5, 5.41) is 5.87. The van der Waals surface area contributed by atoms with Gasteiger partial charge in [-0.2, -0.15) is 0 Å². The molecule has 2 fully saturated rings. The average Bonchev–Trinajstić information content (AvgIpc) is 2.97. The van der Waals surface area contributed by atoms with Crippen LogP contribution < -0.4 is 10.6 Å². The van der Waals surface area contributed by atoms with E-state index in [4.69, 9.17) is 32.5 Å². The highest BCUT2D eigenvalue weighted by atomic mass is 35.5. The zero-order chi connectivity index (χ0) is 23.7. The smallest absolute Gasteiger partial charge is 0.603 e. The first kappa shape index (κ1) is 24.3. The van der Waals surface area contributed by atoms with Crippen LogP contribution in [0.3, 0.4) is 0 Å². The first-order valence-corrected chi connectivity index (χ1v) is 11.2. The lowest BCUT2D eigenvalue weighted by molar-refractivity contribution is -0.815. The van der Waals surface area contributed by atoms with E-state index < -0.39 is 36.4 Å². The van der Waals surface area contributed by atoms with E-state index in [0.717, 1.165) is 0 Å². The third-order valence-corrected chi connectivity index (χ3v) is 6.51. The van der Waals surface area contributed by atoms with Gasteiger partial charge in [-0.15, -0.1) is 0 Å². The fourth-order valence-electron chi connectivity index (χ4n) is 4.41. The first-order chi connectivity index (χ1) is 15.0. The van der Waals surface area contributed by atoms with Crippen molar-refractivity contribution in [3.63, 3.8) is 0 Å². The maximum atomic E-state index is 12.8. The van der Waals surface area contributed by atoms with Crippen molar-refractivity contribution < 1.29 is 32.9 Å². The molecular formula is C20H26BCl2N3O6. The third-order valence-electron chi connectivity index (χ3n) is 5.95. The van der Waals surface area contributed by atoms with Gasteiger partial charge in [-0.05, 0) is 30.5 Å². The number of fused-ring (bicyclic) bond motifs is 1. The summed E-state index contributed by atoms with van der Waals surface area (Å²) in [5.74, 6) is -2.67. The molecule has 2 amide bonds. The average molecular weight is 486 g/mol. The number of likely N-dealkylation sites (N-methyl/N-ethyl adjacent to an activating group) is 1. The van der Waals surface area contributed by atoms with Crippen molar-refractivity contribution in [3.8, 4) is 0 Å². The van der Waals surface area contributed by atoms with Gasteiger partial charge in [0.15, 0.2) is 0 Å². The van der Waals surface area contributed by atoms with E-state index in [1.807, 2.05) is 13.8 Å². The number of rotatable bonds is 7. The Balaban J connectivity index is 1.76. The lowest BCUT2D eigenvalue weighted by Gasteiger charge is -2.54. The first-order valence-electron chi connectivity index (χ1n) is 10.4. The number of quaternary nitrogens is 1. The van der Waals surface area contributed by atoms with E-state index in [-0.39, 0.29) is 40.4 Å². The Hall–Kier alpha value is -2.30. The normalized spacial score (nSPS) is 25.6. The van der Waals surface area contributed by atoms with Crippen molar-refractivity contribution in [1.82, 2.24) is 10.6 Å². The molecule has 2 unspecified atom stereocenters. The van der Waals surface area contributed by atoms with Crippen LogP contribution in [0.1, 0.15) is 37.0 Å². The van der Waals surface area contributed by atoms with Gasteiger partial charge >= 0.3 is 12.7 Å². The molecule has 12 heteroatoms. The third kappa shape index (κ3) is 4.87. The van der Waals surface area contributed by atoms with Crippen LogP contribution in [-0.4, -0.2) is 67.5 Å². The lowest BCUT2D eigenvalue weighted by Crippen LogP contribution is -2.77. The molecule has 0 bridgehead atoms. The summed E-state index contributed by atoms with van der Waals surface area (Å²) in [4.78, 5) is 49.6. The van der Waals surface area contributed by atoms with Crippen molar-refractivity contribution in [2.45, 2.75) is 32.6 Å². The Morgan fingerprint density at radius 1 is 1.19 bits per heavy atom. The minimum atomic E-state index is -2.50. The van der Waals surface area contributed by atoms with Gasteiger partial charge in [-0.1, -0.05) is 37.0 Å². The van der Waals surface area contributed by atoms with Crippen LogP contribution in [0.25, 0.3) is 0 Å². The Kier molecular flexibility index (Phi) is 7.07. The van der Waals surface area contributed by atoms with Gasteiger partial charge in [0.2, 0.25) is 5.91 Å². The molecule has 0 radical (unpaired) electrons. The molecule has 0 spiro atoms. The Morgan fingerprint density at radius 2 is 1.88 bits per heavy atom. The minimum Gasteiger partial charge on any atom is -0.603 e. The van der Waals surface area contributed by atoms with E-state index in [2.05, 4.69) is 10.6 Å². The predicted octanol–water partition coefficient (Wildman–Crippen LogP) is 1.68. The Morgan fingerprint density at radius 3 is 2.56 bits per heavy atom. The van der Waals surface area contributed by atoms with E-state index in [1.165, 1.54) is 12.1 Å². The second kappa shape index (κ2) is 9.29. The fraction of sp³-hybridized carbons (Fsp3) is 0.500. The van der Waals surface area contributed by atoms with Crippen LogP contribution in [0.4, 0.5) is 0 Å². The van der Waals surface area contributed by atoms with Crippen LogP contribution >= 0.6 is 23.2 Å².